The van der Waals surface area contributed by atoms with Crippen LogP contribution in [0.4, 0.5) is 0 Å². The van der Waals surface area contributed by atoms with Gasteiger partial charge in [-0.15, -0.1) is 0 Å². The molecule has 1 saturated heterocycles. The first kappa shape index (κ1) is 17.3. The zero-order valence-electron chi connectivity index (χ0n) is 14.1. The number of H-pyrrole nitrogens is 1. The Morgan fingerprint density at radius 3 is 2.96 bits per heavy atom. The molecule has 7 nitrogen and oxygen atoms in total. The maximum atomic E-state index is 12.0. The lowest BCUT2D eigenvalue weighted by Gasteiger charge is -2.32. The predicted octanol–water partition coefficient (Wildman–Crippen LogP) is 1.20. The zero-order chi connectivity index (χ0) is 17.6. The third-order valence-electron chi connectivity index (χ3n) is 4.07. The number of aromatic nitrogens is 2. The number of hydrogen-bond donors (Lipinski definition) is 1. The first-order valence-electron chi connectivity index (χ1n) is 8.20. The second-order valence-electron chi connectivity index (χ2n) is 5.96. The molecule has 0 amide bonds. The Morgan fingerprint density at radius 2 is 2.20 bits per heavy atom. The van der Waals surface area contributed by atoms with Crippen molar-refractivity contribution in [3.63, 3.8) is 0 Å². The first-order chi connectivity index (χ1) is 12.1. The van der Waals surface area contributed by atoms with Gasteiger partial charge in [-0.2, -0.15) is 0 Å². The minimum absolute atomic E-state index is 0.178. The molecular formula is C18H21N3O4. The summed E-state index contributed by atoms with van der Waals surface area (Å²) in [7, 11) is 1.37. The van der Waals surface area contributed by atoms with Crippen LogP contribution in [-0.2, 0) is 20.8 Å². The number of methoxy groups -OCH3 is 1. The SMILES string of the molecule is COC(=O)C[C@H]1CN(Cc2cc(=O)[nH]c(-c3ccccc3)n2)CCO1. The second-order valence-corrected chi connectivity index (χ2v) is 5.96. The molecule has 1 aromatic heterocycles. The summed E-state index contributed by atoms with van der Waals surface area (Å²) in [5, 5.41) is 0. The molecular weight excluding hydrogens is 322 g/mol. The van der Waals surface area contributed by atoms with Crippen LogP contribution < -0.4 is 5.56 Å². The van der Waals surface area contributed by atoms with E-state index in [0.29, 0.717) is 31.2 Å². The molecule has 0 bridgehead atoms. The fourth-order valence-corrected chi connectivity index (χ4v) is 2.87. The number of ether oxygens (including phenoxy) is 2. The van der Waals surface area contributed by atoms with Crippen molar-refractivity contribution in [1.29, 1.82) is 0 Å². The Hall–Kier alpha value is -2.51. The van der Waals surface area contributed by atoms with Gasteiger partial charge in [-0.3, -0.25) is 14.5 Å². The van der Waals surface area contributed by atoms with Crippen LogP contribution in [0.25, 0.3) is 11.4 Å². The molecule has 1 aromatic carbocycles. The topological polar surface area (TPSA) is 84.5 Å². The van der Waals surface area contributed by atoms with Crippen LogP contribution in [0.3, 0.4) is 0 Å². The van der Waals surface area contributed by atoms with Gasteiger partial charge in [-0.05, 0) is 0 Å². The van der Waals surface area contributed by atoms with E-state index in [4.69, 9.17) is 9.47 Å². The molecule has 0 saturated carbocycles. The Morgan fingerprint density at radius 1 is 1.40 bits per heavy atom. The normalized spacial score (nSPS) is 18.0. The van der Waals surface area contributed by atoms with Crippen molar-refractivity contribution >= 4 is 5.97 Å². The minimum Gasteiger partial charge on any atom is -0.469 e. The van der Waals surface area contributed by atoms with E-state index in [0.717, 1.165) is 12.1 Å². The van der Waals surface area contributed by atoms with Crippen LogP contribution in [0.15, 0.2) is 41.2 Å². The highest BCUT2D eigenvalue weighted by Crippen LogP contribution is 2.15. The molecule has 0 radical (unpaired) electrons. The van der Waals surface area contributed by atoms with Gasteiger partial charge in [0.15, 0.2) is 0 Å². The molecule has 7 heteroatoms. The molecule has 25 heavy (non-hydrogen) atoms. The monoisotopic (exact) mass is 343 g/mol. The van der Waals surface area contributed by atoms with Gasteiger partial charge >= 0.3 is 5.97 Å². The van der Waals surface area contributed by atoms with Crippen molar-refractivity contribution in [2.45, 2.75) is 19.1 Å². The Labute approximate surface area is 145 Å². The standard InChI is InChI=1S/C18H21N3O4/c1-24-17(23)10-15-12-21(7-8-25-15)11-14-9-16(22)20-18(19-14)13-5-3-2-4-6-13/h2-6,9,15H,7-8,10-12H2,1H3,(H,19,20,22)/t15-/m0/s1. The Balaban J connectivity index is 1.71. The number of rotatable bonds is 5. The van der Waals surface area contributed by atoms with Gasteiger partial charge in [0.05, 0.1) is 31.9 Å². The van der Waals surface area contributed by atoms with Crippen molar-refractivity contribution in [3.05, 3.63) is 52.4 Å². The number of esters is 1. The summed E-state index contributed by atoms with van der Waals surface area (Å²) in [5.74, 6) is 0.273. The van der Waals surface area contributed by atoms with Crippen molar-refractivity contribution in [2.75, 3.05) is 26.8 Å². The lowest BCUT2D eigenvalue weighted by atomic mass is 10.2. The van der Waals surface area contributed by atoms with E-state index in [1.54, 1.807) is 0 Å². The van der Waals surface area contributed by atoms with Gasteiger partial charge in [0, 0.05) is 31.3 Å². The van der Waals surface area contributed by atoms with Gasteiger partial charge in [0.25, 0.3) is 5.56 Å². The van der Waals surface area contributed by atoms with Gasteiger partial charge in [-0.25, -0.2) is 4.98 Å². The van der Waals surface area contributed by atoms with E-state index < -0.39 is 0 Å². The predicted molar refractivity (Wildman–Crippen MR) is 91.9 cm³/mol. The molecule has 0 spiro atoms. The molecule has 2 heterocycles. The van der Waals surface area contributed by atoms with E-state index in [1.807, 2.05) is 30.3 Å². The summed E-state index contributed by atoms with van der Waals surface area (Å²) in [6.45, 7) is 2.40. The van der Waals surface area contributed by atoms with Gasteiger partial charge < -0.3 is 14.5 Å². The minimum atomic E-state index is -0.285. The quantitative estimate of drug-likeness (QED) is 0.821. The molecule has 0 aliphatic carbocycles. The number of aromatic amines is 1. The number of nitrogens with zero attached hydrogens (tertiary/aromatic N) is 2. The van der Waals surface area contributed by atoms with E-state index in [1.165, 1.54) is 13.2 Å². The van der Waals surface area contributed by atoms with Gasteiger partial charge in [-0.1, -0.05) is 30.3 Å². The Kier molecular flexibility index (Phi) is 5.57. The van der Waals surface area contributed by atoms with Crippen LogP contribution in [0, 0.1) is 0 Å². The number of benzene rings is 1. The molecule has 1 atom stereocenters. The number of carbonyl (C=O) groups excluding carboxylic acids is 1. The Bertz CT molecular complexity index is 775. The van der Waals surface area contributed by atoms with Crippen LogP contribution in [-0.4, -0.2) is 53.7 Å². The van der Waals surface area contributed by atoms with Crippen molar-refractivity contribution in [2.24, 2.45) is 0 Å². The second kappa shape index (κ2) is 8.04. The summed E-state index contributed by atoms with van der Waals surface area (Å²) in [6.07, 6.45) is 0.0298. The zero-order valence-corrected chi connectivity index (χ0v) is 14.1. The van der Waals surface area contributed by atoms with Crippen LogP contribution in [0.1, 0.15) is 12.1 Å². The van der Waals surface area contributed by atoms with E-state index in [2.05, 4.69) is 14.9 Å². The smallest absolute Gasteiger partial charge is 0.308 e. The highest BCUT2D eigenvalue weighted by molar-refractivity contribution is 5.69. The third kappa shape index (κ3) is 4.74. The maximum Gasteiger partial charge on any atom is 0.308 e. The van der Waals surface area contributed by atoms with Crippen LogP contribution >= 0.6 is 0 Å². The van der Waals surface area contributed by atoms with E-state index >= 15 is 0 Å². The largest absolute Gasteiger partial charge is 0.469 e. The molecule has 2 aromatic rings. The number of nitrogens with one attached hydrogen (secondary N) is 1. The fourth-order valence-electron chi connectivity index (χ4n) is 2.87. The summed E-state index contributed by atoms with van der Waals surface area (Å²) in [6, 6.07) is 11.0. The molecule has 132 valence electrons. The van der Waals surface area contributed by atoms with Crippen molar-refractivity contribution < 1.29 is 14.3 Å². The van der Waals surface area contributed by atoms with Crippen LogP contribution in [0.5, 0.6) is 0 Å². The molecule has 1 aliphatic rings. The number of hydrogen-bond acceptors (Lipinski definition) is 6. The fraction of sp³-hybridized carbons (Fsp3) is 0.389. The summed E-state index contributed by atoms with van der Waals surface area (Å²) in [4.78, 5) is 32.9. The van der Waals surface area contributed by atoms with E-state index in [-0.39, 0.29) is 24.1 Å². The summed E-state index contributed by atoms with van der Waals surface area (Å²) >= 11 is 0. The highest BCUT2D eigenvalue weighted by atomic mass is 16.5. The van der Waals surface area contributed by atoms with Crippen molar-refractivity contribution in [3.8, 4) is 11.4 Å². The molecule has 3 rings (SSSR count). The van der Waals surface area contributed by atoms with E-state index in [9.17, 15) is 9.59 Å². The lowest BCUT2D eigenvalue weighted by Crippen LogP contribution is -2.43. The molecule has 1 aliphatic heterocycles. The number of carbonyl (C=O) groups is 1. The number of morpholine rings is 1. The average Bonchev–Trinajstić information content (AvgIpc) is 2.62. The third-order valence-corrected chi connectivity index (χ3v) is 4.07. The lowest BCUT2D eigenvalue weighted by molar-refractivity contribution is -0.145. The van der Waals surface area contributed by atoms with Gasteiger partial charge in [0.1, 0.15) is 5.82 Å². The molecule has 1 N–H and O–H groups in total. The molecule has 1 fully saturated rings. The van der Waals surface area contributed by atoms with Crippen LogP contribution in [0.2, 0.25) is 0 Å². The van der Waals surface area contributed by atoms with Gasteiger partial charge in [0.2, 0.25) is 0 Å². The summed E-state index contributed by atoms with van der Waals surface area (Å²) in [5.41, 5.74) is 1.39. The van der Waals surface area contributed by atoms with Crippen molar-refractivity contribution in [1.82, 2.24) is 14.9 Å². The average molecular weight is 343 g/mol. The highest BCUT2D eigenvalue weighted by Gasteiger charge is 2.23. The maximum absolute atomic E-state index is 12.0. The summed E-state index contributed by atoms with van der Waals surface area (Å²) < 4.78 is 10.3. The first-order valence-corrected chi connectivity index (χ1v) is 8.20. The molecule has 0 unspecified atom stereocenters.